The summed E-state index contributed by atoms with van der Waals surface area (Å²) in [4.78, 5) is 32.6. The molecule has 0 bridgehead atoms. The van der Waals surface area contributed by atoms with E-state index in [0.29, 0.717) is 38.3 Å². The first kappa shape index (κ1) is 18.5. The minimum atomic E-state index is -0.336. The molecule has 1 N–H and O–H groups in total. The lowest BCUT2D eigenvalue weighted by atomic mass is 10.2. The average Bonchev–Trinajstić information content (AvgIpc) is 3.02. The second-order valence-corrected chi connectivity index (χ2v) is 7.31. The zero-order valence-electron chi connectivity index (χ0n) is 14.6. The molecule has 0 unspecified atom stereocenters. The Morgan fingerprint density at radius 1 is 1.19 bits per heavy atom. The summed E-state index contributed by atoms with van der Waals surface area (Å²) >= 11 is 1.55. The van der Waals surface area contributed by atoms with E-state index in [1.807, 2.05) is 22.1 Å². The number of halogens is 1. The highest BCUT2D eigenvalue weighted by Crippen LogP contribution is 2.12. The van der Waals surface area contributed by atoms with E-state index in [1.165, 1.54) is 24.3 Å². The number of benzene rings is 1. The third kappa shape index (κ3) is 5.09. The fourth-order valence-corrected chi connectivity index (χ4v) is 3.46. The molecule has 8 heteroatoms. The van der Waals surface area contributed by atoms with Crippen LogP contribution < -0.4 is 5.32 Å². The number of aromatic nitrogens is 1. The van der Waals surface area contributed by atoms with E-state index in [-0.39, 0.29) is 24.2 Å². The largest absolute Gasteiger partial charge is 0.340 e. The van der Waals surface area contributed by atoms with Gasteiger partial charge in [-0.1, -0.05) is 0 Å². The van der Waals surface area contributed by atoms with Crippen LogP contribution in [0.25, 0.3) is 0 Å². The molecular formula is C18H21FN4O2S. The van der Waals surface area contributed by atoms with Gasteiger partial charge in [0.05, 0.1) is 23.7 Å². The number of carbonyl (C=O) groups excluding carboxylic acids is 2. The number of thiazole rings is 1. The number of nitrogens with one attached hydrogen (secondary N) is 1. The lowest BCUT2D eigenvalue weighted by molar-refractivity contribution is -0.132. The van der Waals surface area contributed by atoms with Gasteiger partial charge in [0.2, 0.25) is 11.8 Å². The van der Waals surface area contributed by atoms with Gasteiger partial charge in [-0.3, -0.25) is 14.5 Å². The molecular weight excluding hydrogens is 355 g/mol. The van der Waals surface area contributed by atoms with Crippen LogP contribution in [0.4, 0.5) is 10.1 Å². The molecule has 2 aromatic rings. The molecule has 0 spiro atoms. The maximum absolute atomic E-state index is 12.9. The van der Waals surface area contributed by atoms with Crippen molar-refractivity contribution in [2.45, 2.75) is 13.3 Å². The van der Waals surface area contributed by atoms with Crippen molar-refractivity contribution in [2.75, 3.05) is 38.0 Å². The molecule has 1 aliphatic heterocycles. The highest BCUT2D eigenvalue weighted by molar-refractivity contribution is 7.09. The topological polar surface area (TPSA) is 65.5 Å². The quantitative estimate of drug-likeness (QED) is 0.866. The number of piperazine rings is 1. The van der Waals surface area contributed by atoms with Crippen molar-refractivity contribution >= 4 is 28.8 Å². The smallest absolute Gasteiger partial charge is 0.238 e. The minimum absolute atomic E-state index is 0.0747. The summed E-state index contributed by atoms with van der Waals surface area (Å²) in [6, 6.07) is 5.68. The molecule has 0 saturated carbocycles. The van der Waals surface area contributed by atoms with Gasteiger partial charge < -0.3 is 10.2 Å². The molecule has 138 valence electrons. The second kappa shape index (κ2) is 8.37. The molecule has 26 heavy (non-hydrogen) atoms. The van der Waals surface area contributed by atoms with Crippen LogP contribution in [0.5, 0.6) is 0 Å². The van der Waals surface area contributed by atoms with Crippen LogP contribution in [0.15, 0.2) is 29.6 Å². The van der Waals surface area contributed by atoms with Crippen molar-refractivity contribution in [3.63, 3.8) is 0 Å². The fraction of sp³-hybridized carbons (Fsp3) is 0.389. The normalized spacial score (nSPS) is 15.1. The van der Waals surface area contributed by atoms with Crippen LogP contribution in [-0.4, -0.2) is 59.3 Å². The second-order valence-electron chi connectivity index (χ2n) is 6.25. The molecule has 1 saturated heterocycles. The molecule has 2 heterocycles. The first-order valence-electron chi connectivity index (χ1n) is 8.46. The van der Waals surface area contributed by atoms with Gasteiger partial charge in [-0.2, -0.15) is 0 Å². The molecule has 6 nitrogen and oxygen atoms in total. The first-order valence-corrected chi connectivity index (χ1v) is 9.34. The predicted molar refractivity (Wildman–Crippen MR) is 98.6 cm³/mol. The van der Waals surface area contributed by atoms with Gasteiger partial charge in [0.15, 0.2) is 0 Å². The van der Waals surface area contributed by atoms with Crippen molar-refractivity contribution in [1.29, 1.82) is 0 Å². The lowest BCUT2D eigenvalue weighted by Crippen LogP contribution is -2.50. The summed E-state index contributed by atoms with van der Waals surface area (Å²) < 4.78 is 12.9. The molecule has 0 atom stereocenters. The fourth-order valence-electron chi connectivity index (χ4n) is 2.85. The number of amides is 2. The van der Waals surface area contributed by atoms with Crippen LogP contribution in [0.2, 0.25) is 0 Å². The van der Waals surface area contributed by atoms with Crippen molar-refractivity contribution < 1.29 is 14.0 Å². The van der Waals surface area contributed by atoms with E-state index in [1.54, 1.807) is 11.3 Å². The number of rotatable bonds is 5. The summed E-state index contributed by atoms with van der Waals surface area (Å²) in [5, 5.41) is 5.63. The van der Waals surface area contributed by atoms with E-state index in [0.717, 1.165) is 10.7 Å². The summed E-state index contributed by atoms with van der Waals surface area (Å²) in [6.45, 7) is 4.69. The van der Waals surface area contributed by atoms with Gasteiger partial charge >= 0.3 is 0 Å². The summed E-state index contributed by atoms with van der Waals surface area (Å²) in [7, 11) is 0. The molecule has 3 rings (SSSR count). The van der Waals surface area contributed by atoms with E-state index in [4.69, 9.17) is 0 Å². The van der Waals surface area contributed by atoms with Crippen LogP contribution in [0, 0.1) is 12.7 Å². The van der Waals surface area contributed by atoms with Gasteiger partial charge in [0, 0.05) is 37.2 Å². The lowest BCUT2D eigenvalue weighted by Gasteiger charge is -2.34. The third-order valence-electron chi connectivity index (χ3n) is 4.22. The van der Waals surface area contributed by atoms with Crippen LogP contribution in [0.3, 0.4) is 0 Å². The van der Waals surface area contributed by atoms with E-state index in [2.05, 4.69) is 10.3 Å². The standard InChI is InChI=1S/C18H21FN4O2S/c1-13-20-16(12-26-13)10-18(25)23-8-6-22(7-9-23)11-17(24)21-15-4-2-14(19)3-5-15/h2-5,12H,6-11H2,1H3,(H,21,24). The highest BCUT2D eigenvalue weighted by Gasteiger charge is 2.23. The Labute approximate surface area is 155 Å². The van der Waals surface area contributed by atoms with Gasteiger partial charge in [0.25, 0.3) is 0 Å². The van der Waals surface area contributed by atoms with E-state index < -0.39 is 0 Å². The number of nitrogens with zero attached hydrogens (tertiary/aromatic N) is 3. The zero-order chi connectivity index (χ0) is 18.5. The molecule has 2 amide bonds. The minimum Gasteiger partial charge on any atom is -0.340 e. The number of anilines is 1. The van der Waals surface area contributed by atoms with Gasteiger partial charge in [-0.25, -0.2) is 9.37 Å². The maximum atomic E-state index is 12.9. The highest BCUT2D eigenvalue weighted by atomic mass is 32.1. The van der Waals surface area contributed by atoms with E-state index in [9.17, 15) is 14.0 Å². The number of aryl methyl sites for hydroxylation is 1. The molecule has 1 fully saturated rings. The Morgan fingerprint density at radius 2 is 1.88 bits per heavy atom. The number of hydrogen-bond donors (Lipinski definition) is 1. The molecule has 1 aromatic heterocycles. The molecule has 0 radical (unpaired) electrons. The monoisotopic (exact) mass is 376 g/mol. The number of carbonyl (C=O) groups is 2. The van der Waals surface area contributed by atoms with Crippen molar-refractivity contribution in [1.82, 2.24) is 14.8 Å². The average molecular weight is 376 g/mol. The molecule has 1 aromatic carbocycles. The Bertz CT molecular complexity index is 770. The predicted octanol–water partition coefficient (Wildman–Crippen LogP) is 1.92. The Balaban J connectivity index is 1.42. The Hall–Kier alpha value is -2.32. The molecule has 0 aliphatic carbocycles. The van der Waals surface area contributed by atoms with Crippen LogP contribution in [0.1, 0.15) is 10.7 Å². The van der Waals surface area contributed by atoms with Crippen molar-refractivity contribution in [2.24, 2.45) is 0 Å². The summed E-state index contributed by atoms with van der Waals surface area (Å²) in [5.74, 6) is -0.406. The molecule has 1 aliphatic rings. The Kier molecular flexibility index (Phi) is 5.95. The van der Waals surface area contributed by atoms with Crippen LogP contribution in [-0.2, 0) is 16.0 Å². The van der Waals surface area contributed by atoms with E-state index >= 15 is 0 Å². The van der Waals surface area contributed by atoms with Gasteiger partial charge in [-0.15, -0.1) is 11.3 Å². The first-order chi connectivity index (χ1) is 12.5. The van der Waals surface area contributed by atoms with Crippen molar-refractivity contribution in [3.05, 3.63) is 46.2 Å². The zero-order valence-corrected chi connectivity index (χ0v) is 15.4. The Morgan fingerprint density at radius 3 is 2.50 bits per heavy atom. The summed E-state index contributed by atoms with van der Waals surface area (Å²) in [6.07, 6.45) is 0.329. The summed E-state index contributed by atoms with van der Waals surface area (Å²) in [5.41, 5.74) is 1.39. The SMILES string of the molecule is Cc1nc(CC(=O)N2CCN(CC(=O)Nc3ccc(F)cc3)CC2)cs1. The van der Waals surface area contributed by atoms with Crippen LogP contribution >= 0.6 is 11.3 Å². The van der Waals surface area contributed by atoms with Crippen molar-refractivity contribution in [3.8, 4) is 0 Å². The van der Waals surface area contributed by atoms with Gasteiger partial charge in [0.1, 0.15) is 5.82 Å². The number of hydrogen-bond acceptors (Lipinski definition) is 5. The maximum Gasteiger partial charge on any atom is 0.238 e. The van der Waals surface area contributed by atoms with Gasteiger partial charge in [-0.05, 0) is 31.2 Å². The third-order valence-corrected chi connectivity index (χ3v) is 5.04.